The van der Waals surface area contributed by atoms with Gasteiger partial charge in [-0.3, -0.25) is 24.0 Å². The Bertz CT molecular complexity index is 1260. The number of hydrogen-bond donors (Lipinski definition) is 2. The van der Waals surface area contributed by atoms with Crippen molar-refractivity contribution in [2.45, 2.75) is 44.3 Å². The van der Waals surface area contributed by atoms with Gasteiger partial charge in [0.15, 0.2) is 5.69 Å². The molecule has 2 aliphatic rings. The number of nitrogens with two attached hydrogens (primary N) is 1. The molecule has 33 heavy (non-hydrogen) atoms. The van der Waals surface area contributed by atoms with E-state index in [1.807, 2.05) is 6.07 Å². The summed E-state index contributed by atoms with van der Waals surface area (Å²) in [7, 11) is 0. The van der Waals surface area contributed by atoms with Gasteiger partial charge in [-0.15, -0.1) is 0 Å². The smallest absolute Gasteiger partial charge is 0.269 e. The SMILES string of the molecule is NC(=O)c1nn(CC(=O)N2[C@H](C(=O)Nc3cncc(Cl)c3)C[C@@H]3CCC[C@@H]32)c2ccccc12. The van der Waals surface area contributed by atoms with E-state index in [2.05, 4.69) is 15.4 Å². The standard InChI is InChI=1S/C23H23ClN6O3/c24-14-9-15(11-26-10-14)27-23(33)19-8-13-4-3-7-17(13)30(19)20(31)12-29-18-6-2-1-5-16(18)21(28-29)22(25)32/h1-2,5-6,9-11,13,17,19H,3-4,7-8,12H2,(H2,25,32)(H,27,33)/t13-,17-,19-/m0/s1. The van der Waals surface area contributed by atoms with Gasteiger partial charge in [0.05, 0.1) is 22.4 Å². The lowest BCUT2D eigenvalue weighted by atomic mass is 10.0. The van der Waals surface area contributed by atoms with Crippen molar-refractivity contribution in [1.29, 1.82) is 0 Å². The number of halogens is 1. The summed E-state index contributed by atoms with van der Waals surface area (Å²) in [6.07, 6.45) is 6.51. The molecule has 0 bridgehead atoms. The van der Waals surface area contributed by atoms with Crippen LogP contribution in [0.5, 0.6) is 0 Å². The van der Waals surface area contributed by atoms with Crippen molar-refractivity contribution in [3.63, 3.8) is 0 Å². The van der Waals surface area contributed by atoms with Crippen molar-refractivity contribution in [3.05, 3.63) is 53.4 Å². The molecule has 3 aromatic rings. The van der Waals surface area contributed by atoms with E-state index >= 15 is 0 Å². The molecule has 170 valence electrons. The van der Waals surface area contributed by atoms with Crippen LogP contribution in [0.3, 0.4) is 0 Å². The largest absolute Gasteiger partial charge is 0.364 e. The molecule has 3 N–H and O–H groups in total. The van der Waals surface area contributed by atoms with Crippen LogP contribution < -0.4 is 11.1 Å². The third kappa shape index (κ3) is 3.93. The maximum atomic E-state index is 13.5. The fraction of sp³-hybridized carbons (Fsp3) is 0.348. The summed E-state index contributed by atoms with van der Waals surface area (Å²) in [5.74, 6) is -0.831. The average molecular weight is 467 g/mol. The van der Waals surface area contributed by atoms with E-state index in [4.69, 9.17) is 17.3 Å². The van der Waals surface area contributed by atoms with E-state index in [1.165, 1.54) is 17.1 Å². The first kappa shape index (κ1) is 21.4. The van der Waals surface area contributed by atoms with Gasteiger partial charge in [-0.2, -0.15) is 5.10 Å². The number of fused-ring (bicyclic) bond motifs is 2. The molecule has 1 aromatic carbocycles. The van der Waals surface area contributed by atoms with Crippen LogP contribution in [-0.2, 0) is 16.1 Å². The molecule has 1 saturated heterocycles. The molecule has 10 heteroatoms. The van der Waals surface area contributed by atoms with Crippen molar-refractivity contribution in [2.24, 2.45) is 11.7 Å². The minimum atomic E-state index is -0.651. The molecule has 1 aliphatic heterocycles. The number of likely N-dealkylation sites (tertiary alicyclic amines) is 1. The van der Waals surface area contributed by atoms with Crippen LogP contribution in [0.2, 0.25) is 5.02 Å². The normalized spacial score (nSPS) is 21.8. The number of pyridine rings is 1. The van der Waals surface area contributed by atoms with Gasteiger partial charge in [0.1, 0.15) is 12.6 Å². The fourth-order valence-corrected chi connectivity index (χ4v) is 5.40. The first-order valence-corrected chi connectivity index (χ1v) is 11.3. The molecule has 0 unspecified atom stereocenters. The summed E-state index contributed by atoms with van der Waals surface area (Å²) in [5, 5.41) is 8.17. The predicted molar refractivity (Wildman–Crippen MR) is 123 cm³/mol. The lowest BCUT2D eigenvalue weighted by Gasteiger charge is -2.29. The molecule has 3 atom stereocenters. The van der Waals surface area contributed by atoms with Gasteiger partial charge in [-0.25, -0.2) is 0 Å². The number of hydrogen-bond acceptors (Lipinski definition) is 5. The molecule has 1 aliphatic carbocycles. The molecular formula is C23H23ClN6O3. The van der Waals surface area contributed by atoms with Crippen LogP contribution in [0, 0.1) is 5.92 Å². The fourth-order valence-electron chi connectivity index (χ4n) is 5.23. The second-order valence-electron chi connectivity index (χ2n) is 8.58. The lowest BCUT2D eigenvalue weighted by molar-refractivity contribution is -0.139. The van der Waals surface area contributed by atoms with Crippen molar-refractivity contribution in [1.82, 2.24) is 19.7 Å². The highest BCUT2D eigenvalue weighted by Gasteiger charge is 2.48. The Morgan fingerprint density at radius 2 is 2.00 bits per heavy atom. The Balaban J connectivity index is 1.42. The lowest BCUT2D eigenvalue weighted by Crippen LogP contribution is -2.48. The highest BCUT2D eigenvalue weighted by Crippen LogP contribution is 2.41. The molecule has 2 aromatic heterocycles. The zero-order chi connectivity index (χ0) is 23.1. The second-order valence-corrected chi connectivity index (χ2v) is 9.02. The Kier molecular flexibility index (Phi) is 5.49. The maximum absolute atomic E-state index is 13.5. The molecule has 2 fully saturated rings. The average Bonchev–Trinajstić information content (AvgIpc) is 3.47. The zero-order valence-electron chi connectivity index (χ0n) is 17.8. The number of nitrogens with zero attached hydrogens (tertiary/aromatic N) is 4. The Morgan fingerprint density at radius 1 is 1.18 bits per heavy atom. The molecule has 5 rings (SSSR count). The first-order chi connectivity index (χ1) is 15.9. The molecule has 1 saturated carbocycles. The topological polar surface area (TPSA) is 123 Å². The highest BCUT2D eigenvalue weighted by molar-refractivity contribution is 6.30. The van der Waals surface area contributed by atoms with Crippen molar-refractivity contribution in [2.75, 3.05) is 5.32 Å². The second kappa shape index (κ2) is 8.47. The Morgan fingerprint density at radius 3 is 2.79 bits per heavy atom. The molecule has 9 nitrogen and oxygen atoms in total. The van der Waals surface area contributed by atoms with Crippen LogP contribution >= 0.6 is 11.6 Å². The number of para-hydroxylation sites is 1. The van der Waals surface area contributed by atoms with Gasteiger partial charge in [-0.05, 0) is 37.3 Å². The van der Waals surface area contributed by atoms with Gasteiger partial charge >= 0.3 is 0 Å². The minimum Gasteiger partial charge on any atom is -0.364 e. The summed E-state index contributed by atoms with van der Waals surface area (Å²) < 4.78 is 1.50. The Hall–Kier alpha value is -3.46. The third-order valence-electron chi connectivity index (χ3n) is 6.58. The first-order valence-electron chi connectivity index (χ1n) is 10.9. The van der Waals surface area contributed by atoms with E-state index in [1.54, 1.807) is 29.2 Å². The van der Waals surface area contributed by atoms with E-state index in [9.17, 15) is 14.4 Å². The van der Waals surface area contributed by atoms with Crippen LogP contribution in [0.4, 0.5) is 5.69 Å². The number of rotatable bonds is 5. The molecular weight excluding hydrogens is 444 g/mol. The number of amides is 3. The summed E-state index contributed by atoms with van der Waals surface area (Å²) in [4.78, 5) is 44.3. The molecule has 0 spiro atoms. The van der Waals surface area contributed by atoms with Crippen LogP contribution in [-0.4, -0.2) is 49.5 Å². The quantitative estimate of drug-likeness (QED) is 0.598. The van der Waals surface area contributed by atoms with Crippen LogP contribution in [0.1, 0.15) is 36.2 Å². The maximum Gasteiger partial charge on any atom is 0.269 e. The molecule has 3 amide bonds. The number of nitrogens with one attached hydrogen (secondary N) is 1. The predicted octanol–water partition coefficient (Wildman–Crippen LogP) is 2.59. The summed E-state index contributed by atoms with van der Waals surface area (Å²) >= 11 is 5.99. The Labute approximate surface area is 194 Å². The van der Waals surface area contributed by atoms with E-state index in [-0.39, 0.29) is 36.0 Å². The van der Waals surface area contributed by atoms with Gasteiger partial charge in [-0.1, -0.05) is 36.2 Å². The van der Waals surface area contributed by atoms with Gasteiger partial charge in [0, 0.05) is 17.6 Å². The summed E-state index contributed by atoms with van der Waals surface area (Å²) in [6.45, 7) is -0.0838. The van der Waals surface area contributed by atoms with Gasteiger partial charge in [0.25, 0.3) is 5.91 Å². The number of carbonyl (C=O) groups is 3. The number of carbonyl (C=O) groups excluding carboxylic acids is 3. The van der Waals surface area contributed by atoms with E-state index < -0.39 is 11.9 Å². The monoisotopic (exact) mass is 466 g/mol. The number of anilines is 1. The molecule has 3 heterocycles. The molecule has 0 radical (unpaired) electrons. The highest BCUT2D eigenvalue weighted by atomic mass is 35.5. The van der Waals surface area contributed by atoms with Crippen LogP contribution in [0.15, 0.2) is 42.7 Å². The number of benzene rings is 1. The summed E-state index contributed by atoms with van der Waals surface area (Å²) in [5.41, 5.74) is 6.74. The van der Waals surface area contributed by atoms with Crippen molar-refractivity contribution in [3.8, 4) is 0 Å². The van der Waals surface area contributed by atoms with Crippen molar-refractivity contribution < 1.29 is 14.4 Å². The van der Waals surface area contributed by atoms with E-state index in [0.29, 0.717) is 28.0 Å². The number of primary amides is 1. The van der Waals surface area contributed by atoms with Gasteiger partial charge in [0.2, 0.25) is 11.8 Å². The minimum absolute atomic E-state index is 0.0168. The van der Waals surface area contributed by atoms with E-state index in [0.717, 1.165) is 19.3 Å². The summed E-state index contributed by atoms with van der Waals surface area (Å²) in [6, 6.07) is 8.19. The van der Waals surface area contributed by atoms with Gasteiger partial charge < -0.3 is 16.0 Å². The zero-order valence-corrected chi connectivity index (χ0v) is 18.5. The third-order valence-corrected chi connectivity index (χ3v) is 6.78. The van der Waals surface area contributed by atoms with Crippen molar-refractivity contribution >= 4 is 45.9 Å². The number of aromatic nitrogens is 3. The van der Waals surface area contributed by atoms with Crippen LogP contribution in [0.25, 0.3) is 10.9 Å².